The summed E-state index contributed by atoms with van der Waals surface area (Å²) < 4.78 is 4.63. The number of esters is 2. The lowest BCUT2D eigenvalue weighted by molar-refractivity contribution is -0.154. The third kappa shape index (κ3) is 2.18. The van der Waals surface area contributed by atoms with E-state index in [-0.39, 0.29) is 5.57 Å². The van der Waals surface area contributed by atoms with Crippen LogP contribution in [0.25, 0.3) is 0 Å². The topological polar surface area (TPSA) is 43.4 Å². The third-order valence-corrected chi connectivity index (χ3v) is 2.48. The third-order valence-electron chi connectivity index (χ3n) is 2.48. The normalized spacial score (nSPS) is 19.4. The lowest BCUT2D eigenvalue weighted by Gasteiger charge is -2.19. The molecular weight excluding hydrogens is 216 g/mol. The summed E-state index contributed by atoms with van der Waals surface area (Å²) in [6.45, 7) is 10.8. The Morgan fingerprint density at radius 2 is 1.82 bits per heavy atom. The average Bonchev–Trinajstić information content (AvgIpc) is 2.31. The number of hydrogen-bond acceptors (Lipinski definition) is 3. The predicted octanol–water partition coefficient (Wildman–Crippen LogP) is 2.63. The van der Waals surface area contributed by atoms with Crippen LogP contribution in [-0.4, -0.2) is 11.9 Å². The van der Waals surface area contributed by atoms with Gasteiger partial charge in [-0.15, -0.1) is 0 Å². The molecule has 0 aromatic heterocycles. The molecule has 0 atom stereocenters. The lowest BCUT2D eigenvalue weighted by Crippen LogP contribution is -2.24. The monoisotopic (exact) mass is 230 g/mol. The summed E-state index contributed by atoms with van der Waals surface area (Å²) in [5.41, 5.74) is 1.87. The van der Waals surface area contributed by atoms with Gasteiger partial charge in [-0.25, -0.2) is 9.59 Å². The van der Waals surface area contributed by atoms with Gasteiger partial charge in [-0.1, -0.05) is 37.5 Å². The Morgan fingerprint density at radius 3 is 2.24 bits per heavy atom. The van der Waals surface area contributed by atoms with Gasteiger partial charge in [-0.2, -0.15) is 0 Å². The maximum Gasteiger partial charge on any atom is 0.346 e. The number of allylic oxidation sites excluding steroid dienone is 4. The van der Waals surface area contributed by atoms with Crippen LogP contribution in [0.4, 0.5) is 0 Å². The van der Waals surface area contributed by atoms with E-state index in [1.807, 2.05) is 6.92 Å². The molecule has 3 heteroatoms. The summed E-state index contributed by atoms with van der Waals surface area (Å²) in [4.78, 5) is 23.2. The van der Waals surface area contributed by atoms with Crippen molar-refractivity contribution >= 4 is 11.9 Å². The fraction of sp³-hybridized carbons (Fsp3) is 0.143. The van der Waals surface area contributed by atoms with E-state index in [4.69, 9.17) is 0 Å². The molecule has 0 aromatic rings. The molecule has 0 unspecified atom stereocenters. The van der Waals surface area contributed by atoms with Crippen LogP contribution >= 0.6 is 0 Å². The van der Waals surface area contributed by atoms with E-state index in [1.165, 1.54) is 6.08 Å². The SMILES string of the molecule is C=CC1=C(/C(C=C)=C\C)/C(=C\C)C(=O)OC1=O. The van der Waals surface area contributed by atoms with Crippen LogP contribution < -0.4 is 0 Å². The minimum Gasteiger partial charge on any atom is -0.386 e. The van der Waals surface area contributed by atoms with Crippen molar-refractivity contribution in [3.8, 4) is 0 Å². The zero-order chi connectivity index (χ0) is 13.0. The summed E-state index contributed by atoms with van der Waals surface area (Å²) in [6, 6.07) is 0. The fourth-order valence-corrected chi connectivity index (χ4v) is 1.67. The summed E-state index contributed by atoms with van der Waals surface area (Å²) in [5, 5.41) is 0. The van der Waals surface area contributed by atoms with E-state index >= 15 is 0 Å². The maximum absolute atomic E-state index is 11.6. The van der Waals surface area contributed by atoms with Crippen LogP contribution in [0.1, 0.15) is 13.8 Å². The zero-order valence-corrected chi connectivity index (χ0v) is 9.95. The second-order valence-corrected chi connectivity index (χ2v) is 3.32. The Balaban J connectivity index is 3.61. The molecule has 88 valence electrons. The zero-order valence-electron chi connectivity index (χ0n) is 9.95. The first-order valence-corrected chi connectivity index (χ1v) is 5.19. The largest absolute Gasteiger partial charge is 0.386 e. The summed E-state index contributed by atoms with van der Waals surface area (Å²) in [6.07, 6.45) is 6.37. The average molecular weight is 230 g/mol. The first-order chi connectivity index (χ1) is 8.10. The summed E-state index contributed by atoms with van der Waals surface area (Å²) in [7, 11) is 0. The van der Waals surface area contributed by atoms with Crippen molar-refractivity contribution in [3.63, 3.8) is 0 Å². The van der Waals surface area contributed by atoms with E-state index in [9.17, 15) is 9.59 Å². The Morgan fingerprint density at radius 1 is 1.18 bits per heavy atom. The van der Waals surface area contributed by atoms with Gasteiger partial charge >= 0.3 is 11.9 Å². The van der Waals surface area contributed by atoms with Gasteiger partial charge in [-0.3, -0.25) is 0 Å². The first-order valence-electron chi connectivity index (χ1n) is 5.19. The minimum atomic E-state index is -0.674. The van der Waals surface area contributed by atoms with Gasteiger partial charge in [0.25, 0.3) is 0 Å². The van der Waals surface area contributed by atoms with Gasteiger partial charge in [0.05, 0.1) is 11.1 Å². The summed E-state index contributed by atoms with van der Waals surface area (Å²) in [5.74, 6) is -1.31. The van der Waals surface area contributed by atoms with Crippen LogP contribution in [0.15, 0.2) is 59.8 Å². The second kappa shape index (κ2) is 5.25. The van der Waals surface area contributed by atoms with Crippen LogP contribution in [0.3, 0.4) is 0 Å². The molecule has 0 bridgehead atoms. The van der Waals surface area contributed by atoms with Crippen LogP contribution in [0.2, 0.25) is 0 Å². The second-order valence-electron chi connectivity index (χ2n) is 3.32. The molecule has 0 fully saturated rings. The van der Waals surface area contributed by atoms with Gasteiger partial charge in [0, 0.05) is 5.57 Å². The summed E-state index contributed by atoms with van der Waals surface area (Å²) >= 11 is 0. The van der Waals surface area contributed by atoms with E-state index < -0.39 is 11.9 Å². The number of carbonyl (C=O) groups excluding carboxylic acids is 2. The van der Waals surface area contributed by atoms with Crippen molar-refractivity contribution in [2.45, 2.75) is 13.8 Å². The van der Waals surface area contributed by atoms with Gasteiger partial charge in [0.2, 0.25) is 0 Å². The Hall–Kier alpha value is -2.16. The van der Waals surface area contributed by atoms with Crippen LogP contribution in [0.5, 0.6) is 0 Å². The molecule has 3 nitrogen and oxygen atoms in total. The number of carbonyl (C=O) groups is 2. The molecule has 0 N–H and O–H groups in total. The molecule has 0 amide bonds. The molecule has 0 radical (unpaired) electrons. The molecule has 1 rings (SSSR count). The highest BCUT2D eigenvalue weighted by Crippen LogP contribution is 2.30. The first kappa shape index (κ1) is 12.9. The smallest absolute Gasteiger partial charge is 0.346 e. The molecule has 1 heterocycles. The highest BCUT2D eigenvalue weighted by Gasteiger charge is 2.31. The maximum atomic E-state index is 11.6. The van der Waals surface area contributed by atoms with E-state index in [0.29, 0.717) is 16.7 Å². The Bertz CT molecular complexity index is 488. The van der Waals surface area contributed by atoms with Gasteiger partial charge in [-0.05, 0) is 19.4 Å². The fourth-order valence-electron chi connectivity index (χ4n) is 1.67. The molecule has 0 saturated heterocycles. The Kier molecular flexibility index (Phi) is 3.99. The molecule has 1 aliphatic heterocycles. The molecule has 0 aliphatic carbocycles. The van der Waals surface area contributed by atoms with Crippen molar-refractivity contribution in [2.75, 3.05) is 0 Å². The molecule has 0 saturated carbocycles. The van der Waals surface area contributed by atoms with Crippen molar-refractivity contribution in [1.29, 1.82) is 0 Å². The van der Waals surface area contributed by atoms with Crippen molar-refractivity contribution in [3.05, 3.63) is 59.8 Å². The van der Waals surface area contributed by atoms with Crippen LogP contribution in [0, 0.1) is 0 Å². The van der Waals surface area contributed by atoms with E-state index in [1.54, 1.807) is 25.2 Å². The molecule has 0 spiro atoms. The number of cyclic esters (lactones) is 2. The van der Waals surface area contributed by atoms with Crippen molar-refractivity contribution < 1.29 is 14.3 Å². The van der Waals surface area contributed by atoms with Gasteiger partial charge < -0.3 is 4.74 Å². The van der Waals surface area contributed by atoms with Gasteiger partial charge in [0.1, 0.15) is 0 Å². The standard InChI is InChI=1S/C14H14O3/c1-5-9(6-2)12-10(7-3)13(15)17-14(16)11(12)8-4/h5-8H,1,3H2,2,4H3/b9-6-,11-8+. The highest BCUT2D eigenvalue weighted by molar-refractivity contribution is 6.12. The minimum absolute atomic E-state index is 0.283. The van der Waals surface area contributed by atoms with Crippen LogP contribution in [-0.2, 0) is 14.3 Å². The van der Waals surface area contributed by atoms with Gasteiger partial charge in [0.15, 0.2) is 0 Å². The van der Waals surface area contributed by atoms with Crippen molar-refractivity contribution in [1.82, 2.24) is 0 Å². The molecule has 1 aliphatic rings. The van der Waals surface area contributed by atoms with Crippen molar-refractivity contribution in [2.24, 2.45) is 0 Å². The number of rotatable bonds is 3. The molecular formula is C14H14O3. The predicted molar refractivity (Wildman–Crippen MR) is 66.0 cm³/mol. The molecule has 0 aromatic carbocycles. The quantitative estimate of drug-likeness (QED) is 0.324. The van der Waals surface area contributed by atoms with E-state index in [2.05, 4.69) is 17.9 Å². The lowest BCUT2D eigenvalue weighted by atomic mass is 9.90. The Labute approximate surface area is 100 Å². The van der Waals surface area contributed by atoms with E-state index in [0.717, 1.165) is 0 Å². The highest BCUT2D eigenvalue weighted by atomic mass is 16.6. The number of ether oxygens (including phenoxy) is 1. The number of hydrogen-bond donors (Lipinski definition) is 0. The molecule has 17 heavy (non-hydrogen) atoms.